The lowest BCUT2D eigenvalue weighted by Gasteiger charge is -2.28. The minimum Gasteiger partial charge on any atom is -0.389 e. The lowest BCUT2D eigenvalue weighted by atomic mass is 10.1. The fourth-order valence-corrected chi connectivity index (χ4v) is 2.87. The molecule has 2 aromatic rings. The molecule has 2 rings (SSSR count). The molecule has 6 heteroatoms. The van der Waals surface area contributed by atoms with Gasteiger partial charge in [-0.1, -0.05) is 24.6 Å². The van der Waals surface area contributed by atoms with Crippen LogP contribution in [0.5, 0.6) is 0 Å². The van der Waals surface area contributed by atoms with E-state index in [1.807, 2.05) is 32.0 Å². The van der Waals surface area contributed by atoms with E-state index in [2.05, 4.69) is 5.10 Å². The maximum Gasteiger partial charge on any atom is 0.257 e. The Morgan fingerprint density at radius 3 is 2.62 bits per heavy atom. The van der Waals surface area contributed by atoms with Crippen molar-refractivity contribution in [2.45, 2.75) is 39.7 Å². The number of carbonyl (C=O) groups excluding carboxylic acids is 1. The van der Waals surface area contributed by atoms with Crippen LogP contribution in [-0.2, 0) is 6.42 Å². The molecule has 5 nitrogen and oxygen atoms in total. The van der Waals surface area contributed by atoms with E-state index in [0.29, 0.717) is 23.6 Å². The number of amides is 1. The summed E-state index contributed by atoms with van der Waals surface area (Å²) in [6.45, 7) is 8.07. The van der Waals surface area contributed by atoms with Crippen LogP contribution in [0.2, 0.25) is 5.02 Å². The van der Waals surface area contributed by atoms with Crippen LogP contribution in [0.4, 0.5) is 0 Å². The molecule has 0 saturated heterocycles. The number of aromatic nitrogens is 2. The molecule has 0 spiro atoms. The first-order chi connectivity index (χ1) is 11.3. The SMILES string of the molecule is CCc1c(C(=O)N(CC)CC(C)(C)O)cnn1-c1cccc(Cl)c1. The second-order valence-corrected chi connectivity index (χ2v) is 6.82. The first kappa shape index (κ1) is 18.5. The highest BCUT2D eigenvalue weighted by atomic mass is 35.5. The van der Waals surface area contributed by atoms with Gasteiger partial charge in [0.1, 0.15) is 0 Å². The number of nitrogens with zero attached hydrogens (tertiary/aromatic N) is 3. The van der Waals surface area contributed by atoms with E-state index in [1.165, 1.54) is 0 Å². The Balaban J connectivity index is 2.39. The van der Waals surface area contributed by atoms with Gasteiger partial charge in [0.05, 0.1) is 28.7 Å². The molecule has 0 aliphatic carbocycles. The van der Waals surface area contributed by atoms with Crippen LogP contribution in [-0.4, -0.2) is 44.4 Å². The molecule has 0 aliphatic heterocycles. The van der Waals surface area contributed by atoms with Crippen molar-refractivity contribution in [2.75, 3.05) is 13.1 Å². The third-order valence-corrected chi connectivity index (χ3v) is 3.97. The summed E-state index contributed by atoms with van der Waals surface area (Å²) in [6, 6.07) is 7.37. The van der Waals surface area contributed by atoms with Crippen LogP contribution in [0.3, 0.4) is 0 Å². The second-order valence-electron chi connectivity index (χ2n) is 6.38. The average molecular weight is 350 g/mol. The van der Waals surface area contributed by atoms with E-state index >= 15 is 0 Å². The normalized spacial score (nSPS) is 11.6. The van der Waals surface area contributed by atoms with Gasteiger partial charge in [-0.2, -0.15) is 5.10 Å². The van der Waals surface area contributed by atoms with Crippen molar-refractivity contribution in [1.82, 2.24) is 14.7 Å². The van der Waals surface area contributed by atoms with Crippen LogP contribution in [0.25, 0.3) is 5.69 Å². The van der Waals surface area contributed by atoms with Gasteiger partial charge in [-0.15, -0.1) is 0 Å². The van der Waals surface area contributed by atoms with Crippen molar-refractivity contribution in [3.05, 3.63) is 46.7 Å². The van der Waals surface area contributed by atoms with Gasteiger partial charge in [-0.3, -0.25) is 4.79 Å². The molecule has 1 amide bonds. The molecule has 0 saturated carbocycles. The topological polar surface area (TPSA) is 58.4 Å². The Morgan fingerprint density at radius 1 is 1.38 bits per heavy atom. The monoisotopic (exact) mass is 349 g/mol. The maximum absolute atomic E-state index is 12.9. The van der Waals surface area contributed by atoms with Gasteiger partial charge in [0.2, 0.25) is 0 Å². The van der Waals surface area contributed by atoms with E-state index in [-0.39, 0.29) is 12.5 Å². The summed E-state index contributed by atoms with van der Waals surface area (Å²) in [4.78, 5) is 14.5. The van der Waals surface area contributed by atoms with Gasteiger partial charge in [0, 0.05) is 18.1 Å². The van der Waals surface area contributed by atoms with Crippen LogP contribution in [0, 0.1) is 0 Å². The summed E-state index contributed by atoms with van der Waals surface area (Å²) in [5.74, 6) is -0.121. The zero-order valence-corrected chi connectivity index (χ0v) is 15.3. The largest absolute Gasteiger partial charge is 0.389 e. The summed E-state index contributed by atoms with van der Waals surface area (Å²) in [7, 11) is 0. The van der Waals surface area contributed by atoms with Crippen LogP contribution >= 0.6 is 11.6 Å². The summed E-state index contributed by atoms with van der Waals surface area (Å²) in [6.07, 6.45) is 2.25. The highest BCUT2D eigenvalue weighted by molar-refractivity contribution is 6.30. The number of benzene rings is 1. The average Bonchev–Trinajstić information content (AvgIpc) is 2.94. The number of hydrogen-bond donors (Lipinski definition) is 1. The number of aliphatic hydroxyl groups is 1. The number of likely N-dealkylation sites (N-methyl/N-ethyl adjacent to an activating group) is 1. The van der Waals surface area contributed by atoms with Crippen molar-refractivity contribution in [2.24, 2.45) is 0 Å². The second kappa shape index (κ2) is 7.36. The first-order valence-electron chi connectivity index (χ1n) is 8.11. The van der Waals surface area contributed by atoms with Gasteiger partial charge in [-0.05, 0) is 45.4 Å². The van der Waals surface area contributed by atoms with Gasteiger partial charge in [-0.25, -0.2) is 4.68 Å². The summed E-state index contributed by atoms with van der Waals surface area (Å²) in [5, 5.41) is 15.0. The molecule has 0 atom stereocenters. The zero-order chi connectivity index (χ0) is 17.9. The fourth-order valence-electron chi connectivity index (χ4n) is 2.69. The predicted octanol–water partition coefficient (Wildman–Crippen LogP) is 3.32. The van der Waals surface area contributed by atoms with Crippen molar-refractivity contribution in [3.63, 3.8) is 0 Å². The van der Waals surface area contributed by atoms with Gasteiger partial charge in [0.15, 0.2) is 0 Å². The fraction of sp³-hybridized carbons (Fsp3) is 0.444. The lowest BCUT2D eigenvalue weighted by molar-refractivity contribution is 0.0314. The standard InChI is InChI=1S/C18H24ClN3O2/c1-5-16-15(17(23)21(6-2)12-18(3,4)24)11-20-22(16)14-9-7-8-13(19)10-14/h7-11,24H,5-6,12H2,1-4H3. The predicted molar refractivity (Wildman–Crippen MR) is 95.8 cm³/mol. The highest BCUT2D eigenvalue weighted by Crippen LogP contribution is 2.20. The minimum absolute atomic E-state index is 0.121. The molecule has 1 heterocycles. The summed E-state index contributed by atoms with van der Waals surface area (Å²) < 4.78 is 1.75. The molecule has 0 unspecified atom stereocenters. The maximum atomic E-state index is 12.9. The quantitative estimate of drug-likeness (QED) is 0.870. The molecule has 1 aromatic heterocycles. The van der Waals surface area contributed by atoms with Crippen molar-refractivity contribution in [1.29, 1.82) is 0 Å². The van der Waals surface area contributed by atoms with Crippen LogP contribution < -0.4 is 0 Å². The van der Waals surface area contributed by atoms with E-state index in [4.69, 9.17) is 11.6 Å². The smallest absolute Gasteiger partial charge is 0.257 e. The summed E-state index contributed by atoms with van der Waals surface area (Å²) >= 11 is 6.06. The first-order valence-corrected chi connectivity index (χ1v) is 8.49. The Bertz CT molecular complexity index is 719. The number of carbonyl (C=O) groups is 1. The third-order valence-electron chi connectivity index (χ3n) is 3.73. The van der Waals surface area contributed by atoms with E-state index in [1.54, 1.807) is 35.7 Å². The molecule has 0 fully saturated rings. The van der Waals surface area contributed by atoms with Crippen LogP contribution in [0.15, 0.2) is 30.5 Å². The van der Waals surface area contributed by atoms with Crippen LogP contribution in [0.1, 0.15) is 43.7 Å². The van der Waals surface area contributed by atoms with E-state index in [9.17, 15) is 9.90 Å². The summed E-state index contributed by atoms with van der Waals surface area (Å²) in [5.41, 5.74) is 1.27. The molecular weight excluding hydrogens is 326 g/mol. The molecule has 24 heavy (non-hydrogen) atoms. The molecule has 0 bridgehead atoms. The van der Waals surface area contributed by atoms with E-state index in [0.717, 1.165) is 11.4 Å². The Hall–Kier alpha value is -1.85. The minimum atomic E-state index is -0.943. The van der Waals surface area contributed by atoms with Crippen molar-refractivity contribution in [3.8, 4) is 5.69 Å². The van der Waals surface area contributed by atoms with Gasteiger partial charge < -0.3 is 10.0 Å². The third kappa shape index (κ3) is 4.16. The van der Waals surface area contributed by atoms with Gasteiger partial charge >= 0.3 is 0 Å². The van der Waals surface area contributed by atoms with Crippen molar-refractivity contribution >= 4 is 17.5 Å². The molecular formula is C18H24ClN3O2. The molecule has 0 radical (unpaired) electrons. The lowest BCUT2D eigenvalue weighted by Crippen LogP contribution is -2.42. The van der Waals surface area contributed by atoms with Crippen molar-refractivity contribution < 1.29 is 9.90 Å². The van der Waals surface area contributed by atoms with E-state index < -0.39 is 5.60 Å². The Kier molecular flexibility index (Phi) is 5.67. The Morgan fingerprint density at radius 2 is 2.08 bits per heavy atom. The molecule has 1 N–H and O–H groups in total. The number of hydrogen-bond acceptors (Lipinski definition) is 3. The highest BCUT2D eigenvalue weighted by Gasteiger charge is 2.25. The van der Waals surface area contributed by atoms with Gasteiger partial charge in [0.25, 0.3) is 5.91 Å². The number of rotatable bonds is 6. The molecule has 130 valence electrons. The Labute approximate surface area is 147 Å². The zero-order valence-electron chi connectivity index (χ0n) is 14.6. The molecule has 0 aliphatic rings. The number of halogens is 1. The molecule has 1 aromatic carbocycles.